The van der Waals surface area contributed by atoms with Crippen LogP contribution in [0, 0.1) is 0 Å². The standard InChI is InChI=1S/C19H18N2O3/c1-12(18-11-15-5-3-4-6-17(15)24-18)20-19(23)14-7-9-16(10-8-14)21-13(2)22/h3-12H,1-2H3,(H,20,23)(H,21,22). The van der Waals surface area contributed by atoms with Crippen LogP contribution >= 0.6 is 0 Å². The molecular formula is C19H18N2O3. The van der Waals surface area contributed by atoms with Crippen molar-refractivity contribution >= 4 is 28.5 Å². The molecule has 0 radical (unpaired) electrons. The molecule has 3 aromatic rings. The van der Waals surface area contributed by atoms with Gasteiger partial charge in [-0.25, -0.2) is 0 Å². The van der Waals surface area contributed by atoms with E-state index >= 15 is 0 Å². The van der Waals surface area contributed by atoms with Gasteiger partial charge in [-0.15, -0.1) is 0 Å². The fraction of sp³-hybridized carbons (Fsp3) is 0.158. The second-order valence-electron chi connectivity index (χ2n) is 5.64. The Morgan fingerprint density at radius 2 is 1.75 bits per heavy atom. The molecule has 0 spiro atoms. The summed E-state index contributed by atoms with van der Waals surface area (Å²) in [5, 5.41) is 6.59. The van der Waals surface area contributed by atoms with Gasteiger partial charge in [-0.3, -0.25) is 9.59 Å². The highest BCUT2D eigenvalue weighted by Crippen LogP contribution is 2.23. The highest BCUT2D eigenvalue weighted by atomic mass is 16.3. The van der Waals surface area contributed by atoms with E-state index in [1.54, 1.807) is 24.3 Å². The number of carbonyl (C=O) groups excluding carboxylic acids is 2. The predicted molar refractivity (Wildman–Crippen MR) is 92.8 cm³/mol. The van der Waals surface area contributed by atoms with E-state index in [2.05, 4.69) is 10.6 Å². The third kappa shape index (κ3) is 3.46. The minimum atomic E-state index is -0.250. The highest BCUT2D eigenvalue weighted by molar-refractivity contribution is 5.95. The molecule has 5 heteroatoms. The van der Waals surface area contributed by atoms with Crippen LogP contribution in [0.1, 0.15) is 36.0 Å². The van der Waals surface area contributed by atoms with E-state index in [0.717, 1.165) is 11.0 Å². The molecule has 0 aliphatic carbocycles. The molecule has 3 rings (SSSR count). The molecule has 0 bridgehead atoms. The summed E-state index contributed by atoms with van der Waals surface area (Å²) in [4.78, 5) is 23.3. The molecule has 2 N–H and O–H groups in total. The Morgan fingerprint density at radius 1 is 1.04 bits per heavy atom. The average molecular weight is 322 g/mol. The van der Waals surface area contributed by atoms with Crippen molar-refractivity contribution in [3.8, 4) is 0 Å². The van der Waals surface area contributed by atoms with Gasteiger partial charge in [-0.05, 0) is 43.3 Å². The van der Waals surface area contributed by atoms with Crippen molar-refractivity contribution in [3.05, 3.63) is 65.9 Å². The van der Waals surface area contributed by atoms with Crippen molar-refractivity contribution in [1.29, 1.82) is 0 Å². The number of para-hydroxylation sites is 1. The zero-order valence-corrected chi connectivity index (χ0v) is 13.5. The number of benzene rings is 2. The van der Waals surface area contributed by atoms with Gasteiger partial charge < -0.3 is 15.1 Å². The van der Waals surface area contributed by atoms with Crippen LogP contribution in [0.4, 0.5) is 5.69 Å². The maximum Gasteiger partial charge on any atom is 0.251 e. The molecule has 1 aromatic heterocycles. The monoisotopic (exact) mass is 322 g/mol. The number of amides is 2. The minimum absolute atomic E-state index is 0.147. The van der Waals surface area contributed by atoms with Crippen molar-refractivity contribution in [3.63, 3.8) is 0 Å². The second kappa shape index (κ2) is 6.58. The fourth-order valence-corrected chi connectivity index (χ4v) is 2.48. The van der Waals surface area contributed by atoms with Crippen molar-refractivity contribution < 1.29 is 14.0 Å². The van der Waals surface area contributed by atoms with Gasteiger partial charge >= 0.3 is 0 Å². The normalized spacial score (nSPS) is 11.9. The summed E-state index contributed by atoms with van der Waals surface area (Å²) < 4.78 is 5.77. The largest absolute Gasteiger partial charge is 0.459 e. The Bertz CT molecular complexity index is 848. The maximum absolute atomic E-state index is 12.3. The SMILES string of the molecule is CC(=O)Nc1ccc(C(=O)NC(C)c2cc3ccccc3o2)cc1. The number of hydrogen-bond acceptors (Lipinski definition) is 3. The number of furan rings is 1. The van der Waals surface area contributed by atoms with Crippen LogP contribution in [0.3, 0.4) is 0 Å². The number of carbonyl (C=O) groups is 2. The van der Waals surface area contributed by atoms with Gasteiger partial charge in [0.05, 0.1) is 6.04 Å². The fourth-order valence-electron chi connectivity index (χ4n) is 2.48. The lowest BCUT2D eigenvalue weighted by atomic mass is 10.1. The van der Waals surface area contributed by atoms with Crippen LogP contribution in [0.5, 0.6) is 0 Å². The van der Waals surface area contributed by atoms with Gasteiger partial charge in [0, 0.05) is 23.6 Å². The third-order valence-corrected chi connectivity index (χ3v) is 3.69. The molecule has 1 unspecified atom stereocenters. The van der Waals surface area contributed by atoms with Gasteiger partial charge in [-0.2, -0.15) is 0 Å². The zero-order valence-electron chi connectivity index (χ0n) is 13.5. The summed E-state index contributed by atoms with van der Waals surface area (Å²) in [6, 6.07) is 16.1. The first-order valence-corrected chi connectivity index (χ1v) is 7.70. The quantitative estimate of drug-likeness (QED) is 0.765. The van der Waals surface area contributed by atoms with E-state index in [9.17, 15) is 9.59 Å². The van der Waals surface area contributed by atoms with Crippen molar-refractivity contribution in [2.75, 3.05) is 5.32 Å². The summed E-state index contributed by atoms with van der Waals surface area (Å²) in [5.74, 6) is 0.363. The first-order valence-electron chi connectivity index (χ1n) is 7.70. The van der Waals surface area contributed by atoms with Crippen molar-refractivity contribution in [2.24, 2.45) is 0 Å². The Balaban J connectivity index is 1.70. The van der Waals surface area contributed by atoms with Crippen LogP contribution in [-0.4, -0.2) is 11.8 Å². The molecule has 0 aliphatic rings. The predicted octanol–water partition coefficient (Wildman–Crippen LogP) is 3.88. The average Bonchev–Trinajstić information content (AvgIpc) is 2.99. The van der Waals surface area contributed by atoms with Crippen molar-refractivity contribution in [1.82, 2.24) is 5.32 Å². The van der Waals surface area contributed by atoms with E-state index in [0.29, 0.717) is 17.0 Å². The van der Waals surface area contributed by atoms with Crippen LogP contribution in [0.15, 0.2) is 59.0 Å². The Kier molecular flexibility index (Phi) is 4.33. The molecular weight excluding hydrogens is 304 g/mol. The molecule has 0 saturated heterocycles. The van der Waals surface area contributed by atoms with Gasteiger partial charge in [0.1, 0.15) is 11.3 Å². The first-order chi connectivity index (χ1) is 11.5. The van der Waals surface area contributed by atoms with Gasteiger partial charge in [0.2, 0.25) is 5.91 Å². The van der Waals surface area contributed by atoms with Gasteiger partial charge in [0.15, 0.2) is 0 Å². The molecule has 0 saturated carbocycles. The van der Waals surface area contributed by atoms with Gasteiger partial charge in [0.25, 0.3) is 5.91 Å². The molecule has 0 fully saturated rings. The first kappa shape index (κ1) is 15.8. The van der Waals surface area contributed by atoms with Crippen LogP contribution < -0.4 is 10.6 Å². The maximum atomic E-state index is 12.3. The lowest BCUT2D eigenvalue weighted by molar-refractivity contribution is -0.114. The second-order valence-corrected chi connectivity index (χ2v) is 5.64. The zero-order chi connectivity index (χ0) is 17.1. The molecule has 0 aliphatic heterocycles. The Hall–Kier alpha value is -3.08. The van der Waals surface area contributed by atoms with Crippen LogP contribution in [0.2, 0.25) is 0 Å². The summed E-state index contributed by atoms with van der Waals surface area (Å²) in [7, 11) is 0. The summed E-state index contributed by atoms with van der Waals surface area (Å²) in [5.41, 5.74) is 1.98. The molecule has 2 amide bonds. The number of anilines is 1. The summed E-state index contributed by atoms with van der Waals surface area (Å²) in [6.45, 7) is 3.32. The van der Waals surface area contributed by atoms with E-state index in [1.807, 2.05) is 37.3 Å². The lowest BCUT2D eigenvalue weighted by Crippen LogP contribution is -2.26. The smallest absolute Gasteiger partial charge is 0.251 e. The Morgan fingerprint density at radius 3 is 2.42 bits per heavy atom. The number of fused-ring (bicyclic) bond motifs is 1. The highest BCUT2D eigenvalue weighted by Gasteiger charge is 2.15. The number of rotatable bonds is 4. The van der Waals surface area contributed by atoms with E-state index < -0.39 is 0 Å². The molecule has 122 valence electrons. The van der Waals surface area contributed by atoms with E-state index in [-0.39, 0.29) is 17.9 Å². The van der Waals surface area contributed by atoms with E-state index in [4.69, 9.17) is 4.42 Å². The third-order valence-electron chi connectivity index (χ3n) is 3.69. The van der Waals surface area contributed by atoms with Gasteiger partial charge in [-0.1, -0.05) is 18.2 Å². The molecule has 1 atom stereocenters. The lowest BCUT2D eigenvalue weighted by Gasteiger charge is -2.11. The topological polar surface area (TPSA) is 71.3 Å². The minimum Gasteiger partial charge on any atom is -0.459 e. The van der Waals surface area contributed by atoms with Crippen molar-refractivity contribution in [2.45, 2.75) is 19.9 Å². The number of hydrogen-bond donors (Lipinski definition) is 2. The summed E-state index contributed by atoms with van der Waals surface area (Å²) in [6.07, 6.45) is 0. The molecule has 5 nitrogen and oxygen atoms in total. The number of nitrogens with one attached hydrogen (secondary N) is 2. The van der Waals surface area contributed by atoms with Crippen LogP contribution in [0.25, 0.3) is 11.0 Å². The molecule has 24 heavy (non-hydrogen) atoms. The molecule has 1 heterocycles. The van der Waals surface area contributed by atoms with Crippen LogP contribution in [-0.2, 0) is 4.79 Å². The van der Waals surface area contributed by atoms with E-state index in [1.165, 1.54) is 6.92 Å². The Labute approximate surface area is 139 Å². The summed E-state index contributed by atoms with van der Waals surface area (Å²) >= 11 is 0. The molecule has 2 aromatic carbocycles.